The van der Waals surface area contributed by atoms with E-state index in [1.165, 1.54) is 24.2 Å². The second-order valence-electron chi connectivity index (χ2n) is 5.32. The highest BCUT2D eigenvalue weighted by Gasteiger charge is 2.20. The average molecular weight is 272 g/mol. The highest BCUT2D eigenvalue weighted by molar-refractivity contribution is 5.80. The maximum Gasteiger partial charge on any atom is 0.323 e. The Labute approximate surface area is 116 Å². The fourth-order valence-corrected chi connectivity index (χ4v) is 1.88. The van der Waals surface area contributed by atoms with Crippen LogP contribution in [0.1, 0.15) is 59.8 Å². The zero-order valence-electron chi connectivity index (χ0n) is 12.6. The van der Waals surface area contributed by atoms with E-state index < -0.39 is 5.97 Å². The van der Waals surface area contributed by atoms with Crippen LogP contribution in [0.4, 0.5) is 4.79 Å². The standard InChI is InChI=1S/C14H28N2O3/c1-5-6-7-8-9-12(4)15-14(19)16(11(2)3)10-13(17)18/h11-12H,5-10H2,1-4H3,(H,15,19)(H,17,18). The van der Waals surface area contributed by atoms with Crippen molar-refractivity contribution in [3.63, 3.8) is 0 Å². The molecule has 0 aliphatic heterocycles. The van der Waals surface area contributed by atoms with Crippen molar-refractivity contribution in [1.82, 2.24) is 10.2 Å². The molecule has 1 atom stereocenters. The summed E-state index contributed by atoms with van der Waals surface area (Å²) < 4.78 is 0. The van der Waals surface area contributed by atoms with Crippen molar-refractivity contribution in [1.29, 1.82) is 0 Å². The molecule has 0 aromatic heterocycles. The molecule has 0 aliphatic rings. The zero-order valence-corrected chi connectivity index (χ0v) is 12.6. The summed E-state index contributed by atoms with van der Waals surface area (Å²) in [5.41, 5.74) is 0. The van der Waals surface area contributed by atoms with Crippen molar-refractivity contribution in [2.24, 2.45) is 0 Å². The maximum atomic E-state index is 12.0. The third-order valence-corrected chi connectivity index (χ3v) is 3.05. The molecule has 112 valence electrons. The monoisotopic (exact) mass is 272 g/mol. The number of amides is 2. The van der Waals surface area contributed by atoms with Gasteiger partial charge in [0.25, 0.3) is 0 Å². The molecule has 0 aliphatic carbocycles. The smallest absolute Gasteiger partial charge is 0.323 e. The molecule has 0 aromatic carbocycles. The highest BCUT2D eigenvalue weighted by Crippen LogP contribution is 2.06. The Morgan fingerprint density at radius 3 is 2.26 bits per heavy atom. The van der Waals surface area contributed by atoms with Gasteiger partial charge in [-0.15, -0.1) is 0 Å². The van der Waals surface area contributed by atoms with E-state index in [4.69, 9.17) is 5.11 Å². The van der Waals surface area contributed by atoms with E-state index in [0.717, 1.165) is 12.8 Å². The first kappa shape index (κ1) is 17.7. The summed E-state index contributed by atoms with van der Waals surface area (Å²) in [5.74, 6) is -0.987. The van der Waals surface area contributed by atoms with Crippen LogP contribution in [0.5, 0.6) is 0 Å². The second kappa shape index (κ2) is 9.64. The van der Waals surface area contributed by atoms with Crippen molar-refractivity contribution in [2.75, 3.05) is 6.54 Å². The van der Waals surface area contributed by atoms with Crippen LogP contribution in [0.25, 0.3) is 0 Å². The minimum Gasteiger partial charge on any atom is -0.480 e. The molecule has 0 aromatic rings. The Morgan fingerprint density at radius 1 is 1.16 bits per heavy atom. The topological polar surface area (TPSA) is 69.6 Å². The van der Waals surface area contributed by atoms with Crippen molar-refractivity contribution in [2.45, 2.75) is 71.9 Å². The van der Waals surface area contributed by atoms with Crippen LogP contribution in [0.3, 0.4) is 0 Å². The highest BCUT2D eigenvalue weighted by atomic mass is 16.4. The average Bonchev–Trinajstić information content (AvgIpc) is 2.31. The molecule has 0 bridgehead atoms. The number of unbranched alkanes of at least 4 members (excludes halogenated alkanes) is 3. The Balaban J connectivity index is 4.12. The van der Waals surface area contributed by atoms with Crippen LogP contribution < -0.4 is 5.32 Å². The summed E-state index contributed by atoms with van der Waals surface area (Å²) in [6, 6.07) is -0.330. The van der Waals surface area contributed by atoms with Crippen LogP contribution in [0.15, 0.2) is 0 Å². The molecular weight excluding hydrogens is 244 g/mol. The number of nitrogens with zero attached hydrogens (tertiary/aromatic N) is 1. The molecule has 2 N–H and O–H groups in total. The van der Waals surface area contributed by atoms with Gasteiger partial charge >= 0.3 is 12.0 Å². The first-order chi connectivity index (χ1) is 8.88. The predicted octanol–water partition coefficient (Wildman–Crippen LogP) is 2.85. The molecule has 0 spiro atoms. The second-order valence-corrected chi connectivity index (χ2v) is 5.32. The van der Waals surface area contributed by atoms with E-state index in [-0.39, 0.29) is 24.7 Å². The van der Waals surface area contributed by atoms with Crippen LogP contribution in [-0.4, -0.2) is 40.6 Å². The number of hydrogen-bond acceptors (Lipinski definition) is 2. The molecule has 0 heterocycles. The van der Waals surface area contributed by atoms with Gasteiger partial charge in [0.05, 0.1) is 0 Å². The van der Waals surface area contributed by atoms with Gasteiger partial charge in [-0.1, -0.05) is 32.6 Å². The van der Waals surface area contributed by atoms with E-state index in [2.05, 4.69) is 12.2 Å². The fourth-order valence-electron chi connectivity index (χ4n) is 1.88. The SMILES string of the molecule is CCCCCCC(C)NC(=O)N(CC(=O)O)C(C)C. The molecule has 2 amide bonds. The van der Waals surface area contributed by atoms with E-state index in [1.54, 1.807) is 0 Å². The number of nitrogens with one attached hydrogen (secondary N) is 1. The van der Waals surface area contributed by atoms with Gasteiger partial charge in [0.1, 0.15) is 6.54 Å². The first-order valence-corrected chi connectivity index (χ1v) is 7.17. The lowest BCUT2D eigenvalue weighted by atomic mass is 10.1. The van der Waals surface area contributed by atoms with Crippen molar-refractivity contribution >= 4 is 12.0 Å². The van der Waals surface area contributed by atoms with E-state index in [0.29, 0.717) is 0 Å². The Hall–Kier alpha value is -1.26. The summed E-state index contributed by atoms with van der Waals surface area (Å²) in [6.45, 7) is 7.50. The minimum absolute atomic E-state index is 0.0828. The van der Waals surface area contributed by atoms with E-state index >= 15 is 0 Å². The molecule has 5 heteroatoms. The Bertz CT molecular complexity index is 280. The molecule has 19 heavy (non-hydrogen) atoms. The lowest BCUT2D eigenvalue weighted by Gasteiger charge is -2.27. The Morgan fingerprint density at radius 2 is 1.79 bits per heavy atom. The summed E-state index contributed by atoms with van der Waals surface area (Å²) in [6.07, 6.45) is 5.62. The third kappa shape index (κ3) is 8.46. The normalized spacial score (nSPS) is 12.3. The van der Waals surface area contributed by atoms with Gasteiger partial charge in [0.2, 0.25) is 0 Å². The van der Waals surface area contributed by atoms with Gasteiger partial charge in [0.15, 0.2) is 0 Å². The zero-order chi connectivity index (χ0) is 14.8. The Kier molecular flexibility index (Phi) is 9.00. The van der Waals surface area contributed by atoms with Gasteiger partial charge in [-0.25, -0.2) is 4.79 Å². The first-order valence-electron chi connectivity index (χ1n) is 7.17. The third-order valence-electron chi connectivity index (χ3n) is 3.05. The molecule has 5 nitrogen and oxygen atoms in total. The van der Waals surface area contributed by atoms with Crippen molar-refractivity contribution in [3.8, 4) is 0 Å². The predicted molar refractivity (Wildman–Crippen MR) is 76.2 cm³/mol. The van der Waals surface area contributed by atoms with Crippen molar-refractivity contribution < 1.29 is 14.7 Å². The number of carboxylic acids is 1. The minimum atomic E-state index is -0.987. The molecule has 1 unspecified atom stereocenters. The number of urea groups is 1. The van der Waals surface area contributed by atoms with E-state index in [9.17, 15) is 9.59 Å². The largest absolute Gasteiger partial charge is 0.480 e. The number of hydrogen-bond donors (Lipinski definition) is 2. The number of aliphatic carboxylic acids is 1. The summed E-state index contributed by atoms with van der Waals surface area (Å²) >= 11 is 0. The summed E-state index contributed by atoms with van der Waals surface area (Å²) in [4.78, 5) is 24.0. The molecule has 0 fully saturated rings. The van der Waals surface area contributed by atoms with Gasteiger partial charge in [-0.05, 0) is 27.2 Å². The van der Waals surface area contributed by atoms with Gasteiger partial charge < -0.3 is 15.3 Å². The molecule has 0 rings (SSSR count). The van der Waals surface area contributed by atoms with E-state index in [1.807, 2.05) is 20.8 Å². The molecule has 0 saturated carbocycles. The quantitative estimate of drug-likeness (QED) is 0.634. The lowest BCUT2D eigenvalue weighted by Crippen LogP contribution is -2.48. The maximum absolute atomic E-state index is 12.0. The van der Waals surface area contributed by atoms with Gasteiger partial charge in [-0.2, -0.15) is 0 Å². The number of carboxylic acid groups (broad SMARTS) is 1. The molecule has 0 saturated heterocycles. The van der Waals surface area contributed by atoms with Crippen LogP contribution in [0.2, 0.25) is 0 Å². The lowest BCUT2D eigenvalue weighted by molar-refractivity contribution is -0.138. The number of rotatable bonds is 9. The van der Waals surface area contributed by atoms with Gasteiger partial charge in [0, 0.05) is 12.1 Å². The van der Waals surface area contributed by atoms with Gasteiger partial charge in [-0.3, -0.25) is 4.79 Å². The number of carbonyl (C=O) groups excluding carboxylic acids is 1. The van der Waals surface area contributed by atoms with Crippen LogP contribution in [0, 0.1) is 0 Å². The molecular formula is C14H28N2O3. The van der Waals surface area contributed by atoms with Crippen molar-refractivity contribution in [3.05, 3.63) is 0 Å². The molecule has 0 radical (unpaired) electrons. The summed E-state index contributed by atoms with van der Waals surface area (Å²) in [7, 11) is 0. The number of carbonyl (C=O) groups is 2. The summed E-state index contributed by atoms with van der Waals surface area (Å²) in [5, 5.41) is 11.7. The van der Waals surface area contributed by atoms with Crippen LogP contribution in [-0.2, 0) is 4.79 Å². The van der Waals surface area contributed by atoms with Crippen LogP contribution >= 0.6 is 0 Å². The fraction of sp³-hybridized carbons (Fsp3) is 0.857.